The predicted molar refractivity (Wildman–Crippen MR) is 50.6 cm³/mol. The molecule has 0 saturated carbocycles. The Labute approximate surface area is 79.5 Å². The molecule has 0 aliphatic heterocycles. The second-order valence-electron chi connectivity index (χ2n) is 3.06. The van der Waals surface area contributed by atoms with Crippen LogP contribution in [0.15, 0.2) is 0 Å². The van der Waals surface area contributed by atoms with Gasteiger partial charge in [0.1, 0.15) is 0 Å². The predicted octanol–water partition coefficient (Wildman–Crippen LogP) is 1.24. The summed E-state index contributed by atoms with van der Waals surface area (Å²) in [7, 11) is 0. The van der Waals surface area contributed by atoms with Crippen LogP contribution in [0.25, 0.3) is 0 Å². The number of hydrogen-bond acceptors (Lipinski definition) is 3. The van der Waals surface area contributed by atoms with E-state index in [4.69, 9.17) is 9.84 Å². The highest BCUT2D eigenvalue weighted by molar-refractivity contribution is 5.67. The minimum absolute atomic E-state index is 0.0998. The molecule has 1 N–H and O–H groups in total. The molecular weight excluding hydrogens is 170 g/mol. The van der Waals surface area contributed by atoms with Gasteiger partial charge in [-0.25, -0.2) is 4.79 Å². The Kier molecular flexibility index (Phi) is 6.32. The van der Waals surface area contributed by atoms with Crippen molar-refractivity contribution >= 4 is 6.09 Å². The molecule has 13 heavy (non-hydrogen) atoms. The molecule has 0 fully saturated rings. The van der Waals surface area contributed by atoms with Gasteiger partial charge in [0.15, 0.2) is 0 Å². The fourth-order valence-corrected chi connectivity index (χ4v) is 1.01. The van der Waals surface area contributed by atoms with E-state index in [9.17, 15) is 4.79 Å². The summed E-state index contributed by atoms with van der Waals surface area (Å²) in [6.07, 6.45) is 0.294. The topological polar surface area (TPSA) is 49.8 Å². The third-order valence-corrected chi connectivity index (χ3v) is 1.68. The van der Waals surface area contributed by atoms with Crippen molar-refractivity contribution in [2.75, 3.05) is 19.8 Å². The van der Waals surface area contributed by atoms with Gasteiger partial charge in [-0.2, -0.15) is 0 Å². The van der Waals surface area contributed by atoms with Crippen LogP contribution in [-0.2, 0) is 4.74 Å². The molecule has 0 aromatic rings. The largest absolute Gasteiger partial charge is 0.450 e. The summed E-state index contributed by atoms with van der Waals surface area (Å²) >= 11 is 0. The molecule has 0 atom stereocenters. The van der Waals surface area contributed by atoms with E-state index in [1.807, 2.05) is 13.8 Å². The summed E-state index contributed by atoms with van der Waals surface area (Å²) < 4.78 is 4.87. The standard InChI is InChI=1S/C9H19NO3/c1-4-13-9(12)10(8(2)3)6-5-7-11/h8,11H,4-7H2,1-3H3. The first-order valence-corrected chi connectivity index (χ1v) is 4.67. The lowest BCUT2D eigenvalue weighted by Crippen LogP contribution is -2.38. The average Bonchev–Trinajstić information content (AvgIpc) is 2.05. The van der Waals surface area contributed by atoms with Crippen molar-refractivity contribution in [3.8, 4) is 0 Å². The van der Waals surface area contributed by atoms with Crippen molar-refractivity contribution in [3.05, 3.63) is 0 Å². The third kappa shape index (κ3) is 4.72. The number of carbonyl (C=O) groups excluding carboxylic acids is 1. The van der Waals surface area contributed by atoms with E-state index >= 15 is 0 Å². The van der Waals surface area contributed by atoms with E-state index in [2.05, 4.69) is 0 Å². The van der Waals surface area contributed by atoms with Gasteiger partial charge >= 0.3 is 6.09 Å². The van der Waals surface area contributed by atoms with Gasteiger partial charge in [-0.3, -0.25) is 0 Å². The molecule has 0 saturated heterocycles. The number of nitrogens with zero attached hydrogens (tertiary/aromatic N) is 1. The molecule has 0 aliphatic carbocycles. The minimum atomic E-state index is -0.300. The molecule has 4 heteroatoms. The second-order valence-corrected chi connectivity index (χ2v) is 3.06. The summed E-state index contributed by atoms with van der Waals surface area (Å²) in [5.41, 5.74) is 0. The first-order chi connectivity index (χ1) is 6.13. The molecule has 0 unspecified atom stereocenters. The molecule has 0 rings (SSSR count). The van der Waals surface area contributed by atoms with Gasteiger partial charge in [0.2, 0.25) is 0 Å². The maximum atomic E-state index is 11.3. The molecular formula is C9H19NO3. The summed E-state index contributed by atoms with van der Waals surface area (Å²) in [5.74, 6) is 0. The molecule has 4 nitrogen and oxygen atoms in total. The zero-order valence-electron chi connectivity index (χ0n) is 8.62. The van der Waals surface area contributed by atoms with Crippen LogP contribution in [0.2, 0.25) is 0 Å². The minimum Gasteiger partial charge on any atom is -0.450 e. The Morgan fingerprint density at radius 1 is 1.54 bits per heavy atom. The van der Waals surface area contributed by atoms with Crippen LogP contribution in [-0.4, -0.2) is 41.9 Å². The first kappa shape index (κ1) is 12.2. The third-order valence-electron chi connectivity index (χ3n) is 1.68. The Bertz CT molecular complexity index is 148. The van der Waals surface area contributed by atoms with Crippen LogP contribution in [0.3, 0.4) is 0 Å². The molecule has 0 spiro atoms. The van der Waals surface area contributed by atoms with Gasteiger partial charge in [0.25, 0.3) is 0 Å². The summed E-state index contributed by atoms with van der Waals surface area (Å²) in [4.78, 5) is 12.9. The lowest BCUT2D eigenvalue weighted by Gasteiger charge is -2.25. The van der Waals surface area contributed by atoms with E-state index < -0.39 is 0 Å². The van der Waals surface area contributed by atoms with Crippen molar-refractivity contribution in [2.24, 2.45) is 0 Å². The number of rotatable bonds is 5. The van der Waals surface area contributed by atoms with Crippen molar-refractivity contribution < 1.29 is 14.6 Å². The van der Waals surface area contributed by atoms with Crippen LogP contribution in [0.4, 0.5) is 4.79 Å². The molecule has 0 aromatic heterocycles. The van der Waals surface area contributed by atoms with E-state index in [1.165, 1.54) is 0 Å². The van der Waals surface area contributed by atoms with Gasteiger partial charge in [-0.15, -0.1) is 0 Å². The fraction of sp³-hybridized carbons (Fsp3) is 0.889. The zero-order valence-corrected chi connectivity index (χ0v) is 8.62. The van der Waals surface area contributed by atoms with E-state index in [0.29, 0.717) is 19.6 Å². The number of aliphatic hydroxyl groups excluding tert-OH is 1. The van der Waals surface area contributed by atoms with E-state index in [1.54, 1.807) is 11.8 Å². The van der Waals surface area contributed by atoms with Gasteiger partial charge in [-0.05, 0) is 27.2 Å². The Morgan fingerprint density at radius 3 is 2.54 bits per heavy atom. The van der Waals surface area contributed by atoms with Crippen LogP contribution in [0.5, 0.6) is 0 Å². The lowest BCUT2D eigenvalue weighted by atomic mass is 10.3. The molecule has 0 heterocycles. The number of carbonyl (C=O) groups is 1. The number of aliphatic hydroxyl groups is 1. The highest BCUT2D eigenvalue weighted by Crippen LogP contribution is 2.02. The van der Waals surface area contributed by atoms with E-state index in [0.717, 1.165) is 0 Å². The molecule has 0 radical (unpaired) electrons. The average molecular weight is 189 g/mol. The van der Waals surface area contributed by atoms with Crippen LogP contribution >= 0.6 is 0 Å². The summed E-state index contributed by atoms with van der Waals surface area (Å²) in [6, 6.07) is 0.116. The first-order valence-electron chi connectivity index (χ1n) is 4.67. The van der Waals surface area contributed by atoms with Crippen molar-refractivity contribution in [2.45, 2.75) is 33.2 Å². The Balaban J connectivity index is 3.99. The van der Waals surface area contributed by atoms with Crippen LogP contribution < -0.4 is 0 Å². The normalized spacial score (nSPS) is 10.2. The monoisotopic (exact) mass is 189 g/mol. The van der Waals surface area contributed by atoms with Crippen molar-refractivity contribution in [1.82, 2.24) is 4.90 Å². The smallest absolute Gasteiger partial charge is 0.409 e. The van der Waals surface area contributed by atoms with Gasteiger partial charge < -0.3 is 14.7 Å². The summed E-state index contributed by atoms with van der Waals surface area (Å²) in [5, 5.41) is 8.63. The zero-order chi connectivity index (χ0) is 10.3. The van der Waals surface area contributed by atoms with Gasteiger partial charge in [0, 0.05) is 19.2 Å². The maximum Gasteiger partial charge on any atom is 0.409 e. The van der Waals surface area contributed by atoms with Crippen molar-refractivity contribution in [3.63, 3.8) is 0 Å². The molecule has 0 aromatic carbocycles. The van der Waals surface area contributed by atoms with Crippen LogP contribution in [0.1, 0.15) is 27.2 Å². The SMILES string of the molecule is CCOC(=O)N(CCCO)C(C)C. The molecule has 78 valence electrons. The molecule has 0 bridgehead atoms. The molecule has 0 aliphatic rings. The van der Waals surface area contributed by atoms with E-state index in [-0.39, 0.29) is 18.7 Å². The van der Waals surface area contributed by atoms with Gasteiger partial charge in [0.05, 0.1) is 6.61 Å². The Hall–Kier alpha value is -0.770. The lowest BCUT2D eigenvalue weighted by molar-refractivity contribution is 0.0929. The highest BCUT2D eigenvalue weighted by atomic mass is 16.6. The van der Waals surface area contributed by atoms with Crippen LogP contribution in [0, 0.1) is 0 Å². The second kappa shape index (κ2) is 6.71. The van der Waals surface area contributed by atoms with Crippen molar-refractivity contribution in [1.29, 1.82) is 0 Å². The highest BCUT2D eigenvalue weighted by Gasteiger charge is 2.16. The quantitative estimate of drug-likeness (QED) is 0.707. The maximum absolute atomic E-state index is 11.3. The number of ether oxygens (including phenoxy) is 1. The fourth-order valence-electron chi connectivity index (χ4n) is 1.01. The number of amides is 1. The molecule has 1 amide bonds. The van der Waals surface area contributed by atoms with Gasteiger partial charge in [-0.1, -0.05) is 0 Å². The Morgan fingerprint density at radius 2 is 2.15 bits per heavy atom. The number of hydrogen-bond donors (Lipinski definition) is 1. The summed E-state index contributed by atoms with van der Waals surface area (Å²) in [6.45, 7) is 6.67.